The van der Waals surface area contributed by atoms with E-state index in [-0.39, 0.29) is 18.6 Å². The minimum absolute atomic E-state index is 0.00557. The number of amides is 1. The van der Waals surface area contributed by atoms with Gasteiger partial charge in [-0.15, -0.1) is 0 Å². The summed E-state index contributed by atoms with van der Waals surface area (Å²) in [4.78, 5) is 23.9. The molecule has 0 aromatic heterocycles. The molecule has 1 aliphatic carbocycles. The van der Waals surface area contributed by atoms with Gasteiger partial charge in [0.25, 0.3) is 5.91 Å². The molecule has 3 rings (SSSR count). The summed E-state index contributed by atoms with van der Waals surface area (Å²) in [5.74, 6) is -0.797. The van der Waals surface area contributed by atoms with E-state index in [1.807, 2.05) is 43.3 Å². The van der Waals surface area contributed by atoms with Gasteiger partial charge in [0.2, 0.25) is 0 Å². The first kappa shape index (κ1) is 17.9. The summed E-state index contributed by atoms with van der Waals surface area (Å²) in [5.41, 5.74) is 4.48. The van der Waals surface area contributed by atoms with Crippen molar-refractivity contribution in [3.05, 3.63) is 76.9 Å². The molecule has 2 aromatic carbocycles. The number of benzene rings is 2. The fraction of sp³-hybridized carbons (Fsp3) is 0.273. The number of carbonyl (C=O) groups excluding carboxylic acids is 2. The molecule has 26 heavy (non-hydrogen) atoms. The Morgan fingerprint density at radius 1 is 1.19 bits per heavy atom. The molecular formula is C22H23NO3. The van der Waals surface area contributed by atoms with E-state index < -0.39 is 5.97 Å². The van der Waals surface area contributed by atoms with Crippen LogP contribution in [-0.4, -0.2) is 18.5 Å². The normalized spacial score (nSPS) is 16.1. The molecule has 0 radical (unpaired) electrons. The predicted octanol–water partition coefficient (Wildman–Crippen LogP) is 3.75. The molecule has 134 valence electrons. The number of nitrogens with one attached hydrogen (secondary N) is 1. The van der Waals surface area contributed by atoms with E-state index in [1.165, 1.54) is 11.6 Å². The summed E-state index contributed by atoms with van der Waals surface area (Å²) in [6, 6.07) is 15.9. The Balaban J connectivity index is 1.49. The molecule has 1 atom stereocenters. The van der Waals surface area contributed by atoms with Crippen LogP contribution in [0.1, 0.15) is 41.1 Å². The number of carbonyl (C=O) groups is 2. The molecule has 0 aliphatic heterocycles. The number of esters is 1. The van der Waals surface area contributed by atoms with Crippen LogP contribution in [0.25, 0.3) is 6.08 Å². The van der Waals surface area contributed by atoms with Crippen molar-refractivity contribution in [2.75, 3.05) is 6.61 Å². The van der Waals surface area contributed by atoms with Crippen molar-refractivity contribution in [2.45, 2.75) is 32.2 Å². The van der Waals surface area contributed by atoms with E-state index >= 15 is 0 Å². The van der Waals surface area contributed by atoms with Crippen molar-refractivity contribution >= 4 is 18.0 Å². The molecule has 4 nitrogen and oxygen atoms in total. The lowest BCUT2D eigenvalue weighted by Crippen LogP contribution is -2.34. The van der Waals surface area contributed by atoms with E-state index in [9.17, 15) is 9.59 Å². The third-order valence-corrected chi connectivity index (χ3v) is 4.50. The minimum Gasteiger partial charge on any atom is -0.452 e. The maximum absolute atomic E-state index is 12.1. The van der Waals surface area contributed by atoms with Crippen molar-refractivity contribution in [1.29, 1.82) is 0 Å². The van der Waals surface area contributed by atoms with E-state index in [4.69, 9.17) is 4.74 Å². The summed E-state index contributed by atoms with van der Waals surface area (Å²) in [5, 5.41) is 2.97. The lowest BCUT2D eigenvalue weighted by atomic mass is 9.88. The van der Waals surface area contributed by atoms with Crippen molar-refractivity contribution in [3.63, 3.8) is 0 Å². The zero-order valence-corrected chi connectivity index (χ0v) is 14.9. The Labute approximate surface area is 153 Å². The monoisotopic (exact) mass is 349 g/mol. The highest BCUT2D eigenvalue weighted by atomic mass is 16.5. The average Bonchev–Trinajstić information content (AvgIpc) is 2.65. The maximum atomic E-state index is 12.1. The summed E-state index contributed by atoms with van der Waals surface area (Å²) in [6.07, 6.45) is 6.02. The van der Waals surface area contributed by atoms with Crippen LogP contribution in [-0.2, 0) is 20.7 Å². The van der Waals surface area contributed by atoms with Gasteiger partial charge >= 0.3 is 5.97 Å². The number of hydrogen-bond donors (Lipinski definition) is 1. The van der Waals surface area contributed by atoms with Crippen LogP contribution in [0.15, 0.2) is 54.6 Å². The van der Waals surface area contributed by atoms with Crippen LogP contribution in [0.4, 0.5) is 0 Å². The summed E-state index contributed by atoms with van der Waals surface area (Å²) < 4.78 is 5.05. The lowest BCUT2D eigenvalue weighted by Gasteiger charge is -2.26. The maximum Gasteiger partial charge on any atom is 0.331 e. The molecule has 0 fully saturated rings. The van der Waals surface area contributed by atoms with Gasteiger partial charge < -0.3 is 10.1 Å². The molecule has 1 aliphatic rings. The van der Waals surface area contributed by atoms with Gasteiger partial charge in [-0.2, -0.15) is 0 Å². The van der Waals surface area contributed by atoms with E-state index in [0.717, 1.165) is 36.0 Å². The van der Waals surface area contributed by atoms with Gasteiger partial charge in [-0.05, 0) is 49.0 Å². The molecule has 0 saturated carbocycles. The number of fused-ring (bicyclic) bond motifs is 1. The summed E-state index contributed by atoms with van der Waals surface area (Å²) >= 11 is 0. The largest absolute Gasteiger partial charge is 0.452 e. The molecule has 4 heteroatoms. The Hall–Kier alpha value is -2.88. The summed E-state index contributed by atoms with van der Waals surface area (Å²) in [6.45, 7) is 1.72. The van der Waals surface area contributed by atoms with Crippen LogP contribution in [0.3, 0.4) is 0 Å². The van der Waals surface area contributed by atoms with Gasteiger partial charge in [-0.3, -0.25) is 4.79 Å². The van der Waals surface area contributed by atoms with Gasteiger partial charge in [-0.1, -0.05) is 54.1 Å². The molecule has 1 N–H and O–H groups in total. The first-order valence-corrected chi connectivity index (χ1v) is 8.90. The smallest absolute Gasteiger partial charge is 0.331 e. The van der Waals surface area contributed by atoms with Crippen LogP contribution in [0.2, 0.25) is 0 Å². The molecule has 0 heterocycles. The van der Waals surface area contributed by atoms with Crippen molar-refractivity contribution in [2.24, 2.45) is 0 Å². The first-order chi connectivity index (χ1) is 12.6. The van der Waals surface area contributed by atoms with Gasteiger partial charge in [0.1, 0.15) is 0 Å². The highest BCUT2D eigenvalue weighted by Gasteiger charge is 2.21. The third kappa shape index (κ3) is 4.82. The fourth-order valence-corrected chi connectivity index (χ4v) is 3.26. The van der Waals surface area contributed by atoms with E-state index in [0.29, 0.717) is 0 Å². The molecule has 0 unspecified atom stereocenters. The quantitative estimate of drug-likeness (QED) is 0.661. The highest BCUT2D eigenvalue weighted by molar-refractivity contribution is 5.89. The van der Waals surface area contributed by atoms with Crippen molar-refractivity contribution < 1.29 is 14.3 Å². The molecule has 1 amide bonds. The van der Waals surface area contributed by atoms with Crippen LogP contribution >= 0.6 is 0 Å². The Morgan fingerprint density at radius 2 is 2.04 bits per heavy atom. The first-order valence-electron chi connectivity index (χ1n) is 8.90. The van der Waals surface area contributed by atoms with Gasteiger partial charge in [0, 0.05) is 6.08 Å². The van der Waals surface area contributed by atoms with Gasteiger partial charge in [-0.25, -0.2) is 4.79 Å². The van der Waals surface area contributed by atoms with Gasteiger partial charge in [0.15, 0.2) is 6.61 Å². The Kier molecular flexibility index (Phi) is 5.84. The van der Waals surface area contributed by atoms with Crippen molar-refractivity contribution in [3.8, 4) is 0 Å². The molecule has 0 saturated heterocycles. The lowest BCUT2D eigenvalue weighted by molar-refractivity contribution is -0.144. The third-order valence-electron chi connectivity index (χ3n) is 4.50. The molecule has 0 spiro atoms. The predicted molar refractivity (Wildman–Crippen MR) is 101 cm³/mol. The zero-order chi connectivity index (χ0) is 18.4. The standard InChI is InChI=1S/C22H23NO3/c1-16-6-4-7-17(14-16)12-13-22(25)26-15-21(24)23-20-11-5-9-18-8-2-3-10-19(18)20/h2-4,6-8,10,12-14,20H,5,9,11,15H2,1H3,(H,23,24)/b13-12+/t20-/m0/s1. The molecule has 0 bridgehead atoms. The van der Waals surface area contributed by atoms with Crippen LogP contribution in [0, 0.1) is 6.92 Å². The Morgan fingerprint density at radius 3 is 2.88 bits per heavy atom. The zero-order valence-electron chi connectivity index (χ0n) is 14.9. The average molecular weight is 349 g/mol. The number of rotatable bonds is 5. The SMILES string of the molecule is Cc1cccc(/C=C/C(=O)OCC(=O)N[C@H]2CCCc3ccccc32)c1. The van der Waals surface area contributed by atoms with Crippen LogP contribution in [0.5, 0.6) is 0 Å². The number of hydrogen-bond acceptors (Lipinski definition) is 3. The fourth-order valence-electron chi connectivity index (χ4n) is 3.26. The second kappa shape index (κ2) is 8.48. The highest BCUT2D eigenvalue weighted by Crippen LogP contribution is 2.29. The summed E-state index contributed by atoms with van der Waals surface area (Å²) in [7, 11) is 0. The Bertz CT molecular complexity index is 826. The second-order valence-electron chi connectivity index (χ2n) is 6.57. The van der Waals surface area contributed by atoms with E-state index in [2.05, 4.69) is 17.4 Å². The molecular weight excluding hydrogens is 326 g/mol. The number of aryl methyl sites for hydroxylation is 2. The van der Waals surface area contributed by atoms with Crippen molar-refractivity contribution in [1.82, 2.24) is 5.32 Å². The topological polar surface area (TPSA) is 55.4 Å². The molecule has 2 aromatic rings. The van der Waals surface area contributed by atoms with E-state index in [1.54, 1.807) is 6.08 Å². The van der Waals surface area contributed by atoms with Gasteiger partial charge in [0.05, 0.1) is 6.04 Å². The minimum atomic E-state index is -0.522. The second-order valence-corrected chi connectivity index (χ2v) is 6.57. The van der Waals surface area contributed by atoms with Crippen LogP contribution < -0.4 is 5.32 Å². The number of ether oxygens (including phenoxy) is 1.